The number of nitriles is 1. The molecular weight excluding hydrogens is 599 g/mol. The lowest BCUT2D eigenvalue weighted by Crippen LogP contribution is -2.50. The number of carbonyl (C=O) groups is 3. The maximum atomic E-state index is 14.4. The summed E-state index contributed by atoms with van der Waals surface area (Å²) >= 11 is 0. The highest BCUT2D eigenvalue weighted by atomic mass is 19.4. The van der Waals surface area contributed by atoms with Crippen LogP contribution >= 0.6 is 0 Å². The van der Waals surface area contributed by atoms with Crippen molar-refractivity contribution in [3.63, 3.8) is 0 Å². The molecule has 4 rings (SSSR count). The van der Waals surface area contributed by atoms with Crippen LogP contribution in [-0.2, 0) is 27.0 Å². The lowest BCUT2D eigenvalue weighted by atomic mass is 9.91. The van der Waals surface area contributed by atoms with Gasteiger partial charge < -0.3 is 14.4 Å². The normalized spacial score (nSPS) is 15.3. The van der Waals surface area contributed by atoms with E-state index in [0.717, 1.165) is 17.0 Å². The van der Waals surface area contributed by atoms with E-state index in [1.807, 2.05) is 6.07 Å². The van der Waals surface area contributed by atoms with E-state index in [-0.39, 0.29) is 35.7 Å². The Morgan fingerprint density at radius 1 is 1.00 bits per heavy atom. The monoisotopic (exact) mass is 631 g/mol. The fourth-order valence-corrected chi connectivity index (χ4v) is 5.03. The van der Waals surface area contributed by atoms with Crippen LogP contribution in [0.2, 0.25) is 0 Å². The van der Waals surface area contributed by atoms with Crippen LogP contribution in [0.15, 0.2) is 96.7 Å². The predicted molar refractivity (Wildman–Crippen MR) is 164 cm³/mol. The standard InChI is InChI=1S/C35H32F3N3O5/c1-6-17-45-32(43)29-22(2)41(28-12-8-11-27(19-28)35(36,37)38)33(44)40(30(29)25-15-13-23(20-39)14-16-25)21-24-9-7-10-26(18-24)31(42)46-34(3,4)5/h6-16,18-19,30H,1,17,21H2,2-5H3. The zero-order valence-corrected chi connectivity index (χ0v) is 25.7. The van der Waals surface area contributed by atoms with Gasteiger partial charge in [-0.3, -0.25) is 4.90 Å². The third kappa shape index (κ3) is 7.46. The fraction of sp³-hybridized carbons (Fsp3) is 0.257. The molecule has 3 aromatic rings. The highest BCUT2D eigenvalue weighted by molar-refractivity contribution is 6.03. The molecular formula is C35H32F3N3O5. The third-order valence-electron chi connectivity index (χ3n) is 7.00. The topological polar surface area (TPSA) is 99.9 Å². The Morgan fingerprint density at radius 2 is 1.67 bits per heavy atom. The van der Waals surface area contributed by atoms with Crippen molar-refractivity contribution in [2.45, 2.75) is 52.1 Å². The first-order valence-corrected chi connectivity index (χ1v) is 14.2. The lowest BCUT2D eigenvalue weighted by molar-refractivity contribution is -0.139. The fourth-order valence-electron chi connectivity index (χ4n) is 5.03. The van der Waals surface area contributed by atoms with Gasteiger partial charge in [0.25, 0.3) is 0 Å². The van der Waals surface area contributed by atoms with E-state index in [1.54, 1.807) is 57.2 Å². The molecule has 238 valence electrons. The number of rotatable bonds is 8. The van der Waals surface area contributed by atoms with Crippen LogP contribution in [0.4, 0.5) is 23.7 Å². The molecule has 11 heteroatoms. The Kier molecular flexibility index (Phi) is 9.71. The van der Waals surface area contributed by atoms with Gasteiger partial charge in [-0.25, -0.2) is 14.4 Å². The summed E-state index contributed by atoms with van der Waals surface area (Å²) in [5.74, 6) is -1.40. The van der Waals surface area contributed by atoms with E-state index in [1.165, 1.54) is 42.2 Å². The van der Waals surface area contributed by atoms with Crippen molar-refractivity contribution >= 4 is 23.7 Å². The summed E-state index contributed by atoms with van der Waals surface area (Å²) in [7, 11) is 0. The first-order valence-electron chi connectivity index (χ1n) is 14.2. The summed E-state index contributed by atoms with van der Waals surface area (Å²) in [6.45, 7) is 9.89. The number of halogens is 3. The van der Waals surface area contributed by atoms with Crippen LogP contribution in [0.1, 0.15) is 66.3 Å². The van der Waals surface area contributed by atoms with Crippen molar-refractivity contribution in [2.24, 2.45) is 0 Å². The van der Waals surface area contributed by atoms with Gasteiger partial charge in [0, 0.05) is 12.2 Å². The molecule has 2 amide bonds. The van der Waals surface area contributed by atoms with Crippen molar-refractivity contribution in [3.05, 3.63) is 125 Å². The molecule has 0 bridgehead atoms. The van der Waals surface area contributed by atoms with Gasteiger partial charge in [0.1, 0.15) is 12.2 Å². The molecule has 8 nitrogen and oxygen atoms in total. The smallest absolute Gasteiger partial charge is 0.416 e. The average molecular weight is 632 g/mol. The Labute approximate surface area is 264 Å². The van der Waals surface area contributed by atoms with Crippen LogP contribution in [0.5, 0.6) is 0 Å². The minimum Gasteiger partial charge on any atom is -0.458 e. The van der Waals surface area contributed by atoms with Gasteiger partial charge in [-0.05, 0) is 81.3 Å². The van der Waals surface area contributed by atoms with Gasteiger partial charge in [0.15, 0.2) is 0 Å². The van der Waals surface area contributed by atoms with Crippen molar-refractivity contribution in [2.75, 3.05) is 11.5 Å². The Balaban J connectivity index is 1.92. The van der Waals surface area contributed by atoms with Gasteiger partial charge in [-0.15, -0.1) is 0 Å². The summed E-state index contributed by atoms with van der Waals surface area (Å²) in [4.78, 5) is 43.3. The number of benzene rings is 3. The quantitative estimate of drug-likeness (QED) is 0.186. The van der Waals surface area contributed by atoms with Crippen molar-refractivity contribution in [1.29, 1.82) is 5.26 Å². The van der Waals surface area contributed by atoms with E-state index < -0.39 is 41.4 Å². The lowest BCUT2D eigenvalue weighted by Gasteiger charge is -2.43. The summed E-state index contributed by atoms with van der Waals surface area (Å²) in [5.41, 5.74) is -0.307. The Bertz CT molecular complexity index is 1730. The number of allylic oxidation sites excluding steroid dienone is 1. The molecule has 46 heavy (non-hydrogen) atoms. The zero-order chi connectivity index (χ0) is 33.8. The predicted octanol–water partition coefficient (Wildman–Crippen LogP) is 7.72. The highest BCUT2D eigenvalue weighted by Gasteiger charge is 2.43. The number of esters is 2. The second-order valence-corrected chi connectivity index (χ2v) is 11.5. The largest absolute Gasteiger partial charge is 0.458 e. The summed E-state index contributed by atoms with van der Waals surface area (Å²) in [6.07, 6.45) is -3.33. The average Bonchev–Trinajstić information content (AvgIpc) is 3.00. The summed E-state index contributed by atoms with van der Waals surface area (Å²) in [6, 6.07) is 17.1. The summed E-state index contributed by atoms with van der Waals surface area (Å²) in [5, 5.41) is 9.36. The molecule has 1 atom stereocenters. The summed E-state index contributed by atoms with van der Waals surface area (Å²) < 4.78 is 52.1. The molecule has 1 unspecified atom stereocenters. The number of carbonyl (C=O) groups excluding carboxylic acids is 3. The van der Waals surface area contributed by atoms with Crippen LogP contribution < -0.4 is 4.90 Å². The number of ether oxygens (including phenoxy) is 2. The van der Waals surface area contributed by atoms with Crippen molar-refractivity contribution < 1.29 is 37.0 Å². The molecule has 0 aliphatic carbocycles. The Hall–Kier alpha value is -5.37. The highest BCUT2D eigenvalue weighted by Crippen LogP contribution is 2.42. The molecule has 0 aromatic heterocycles. The van der Waals surface area contributed by atoms with Crippen LogP contribution in [0, 0.1) is 11.3 Å². The molecule has 1 heterocycles. The second kappa shape index (κ2) is 13.3. The number of hydrogen-bond acceptors (Lipinski definition) is 6. The minimum absolute atomic E-state index is 0.00753. The van der Waals surface area contributed by atoms with Gasteiger partial charge in [0.2, 0.25) is 0 Å². The first-order chi connectivity index (χ1) is 21.6. The number of nitrogens with zero attached hydrogens (tertiary/aromatic N) is 3. The Morgan fingerprint density at radius 3 is 2.28 bits per heavy atom. The first kappa shape index (κ1) is 33.5. The van der Waals surface area contributed by atoms with Crippen molar-refractivity contribution in [3.8, 4) is 6.07 Å². The number of amides is 2. The molecule has 0 N–H and O–H groups in total. The maximum absolute atomic E-state index is 14.4. The molecule has 0 saturated heterocycles. The van der Waals surface area contributed by atoms with Gasteiger partial charge in [-0.2, -0.15) is 18.4 Å². The molecule has 1 aliphatic heterocycles. The van der Waals surface area contributed by atoms with Gasteiger partial charge >= 0.3 is 24.1 Å². The number of alkyl halides is 3. The number of hydrogen-bond donors (Lipinski definition) is 0. The molecule has 0 spiro atoms. The minimum atomic E-state index is -4.69. The molecule has 0 fully saturated rings. The van der Waals surface area contributed by atoms with Crippen LogP contribution in [-0.4, -0.2) is 35.1 Å². The van der Waals surface area contributed by atoms with Crippen molar-refractivity contribution in [1.82, 2.24) is 4.90 Å². The molecule has 1 aliphatic rings. The van der Waals surface area contributed by atoms with Crippen LogP contribution in [0.25, 0.3) is 0 Å². The van der Waals surface area contributed by atoms with E-state index in [0.29, 0.717) is 16.7 Å². The van der Waals surface area contributed by atoms with E-state index >= 15 is 0 Å². The number of urea groups is 1. The molecule has 0 saturated carbocycles. The van der Waals surface area contributed by atoms with E-state index in [9.17, 15) is 32.8 Å². The molecule has 0 radical (unpaired) electrons. The van der Waals surface area contributed by atoms with Gasteiger partial charge in [0.05, 0.1) is 40.1 Å². The third-order valence-corrected chi connectivity index (χ3v) is 7.00. The number of anilines is 1. The van der Waals surface area contributed by atoms with E-state index in [2.05, 4.69) is 6.58 Å². The van der Waals surface area contributed by atoms with Crippen LogP contribution in [0.3, 0.4) is 0 Å². The zero-order valence-electron chi connectivity index (χ0n) is 25.7. The maximum Gasteiger partial charge on any atom is 0.416 e. The SMILES string of the molecule is C=CCOC(=O)C1=C(C)N(c2cccc(C(F)(F)F)c2)C(=O)N(Cc2cccc(C(=O)OC(C)(C)C)c2)C1c1ccc(C#N)cc1. The molecule has 3 aromatic carbocycles. The van der Waals surface area contributed by atoms with Gasteiger partial charge in [-0.1, -0.05) is 43.0 Å². The van der Waals surface area contributed by atoms with E-state index in [4.69, 9.17) is 9.47 Å². The second-order valence-electron chi connectivity index (χ2n) is 11.5.